The minimum absolute atomic E-state index is 0.295. The van der Waals surface area contributed by atoms with Crippen LogP contribution in [0.15, 0.2) is 30.6 Å². The van der Waals surface area contributed by atoms with Crippen LogP contribution in [0.4, 0.5) is 0 Å². The van der Waals surface area contributed by atoms with Crippen molar-refractivity contribution < 1.29 is 14.3 Å². The number of hydrogen-bond donors (Lipinski definition) is 0. The molecule has 0 aliphatic carbocycles. The molecule has 3 heterocycles. The minimum Gasteiger partial charge on any atom is -0.493 e. The van der Waals surface area contributed by atoms with Crippen molar-refractivity contribution in [3.05, 3.63) is 47.3 Å². The number of fused-ring (bicyclic) bond motifs is 1. The lowest BCUT2D eigenvalue weighted by Crippen LogP contribution is -2.28. The predicted molar refractivity (Wildman–Crippen MR) is 107 cm³/mol. The second-order valence-electron chi connectivity index (χ2n) is 7.69. The van der Waals surface area contributed by atoms with Gasteiger partial charge in [-0.3, -0.25) is 9.58 Å². The molecule has 6 nitrogen and oxygen atoms in total. The fourth-order valence-electron chi connectivity index (χ4n) is 4.26. The fourth-order valence-corrected chi connectivity index (χ4v) is 4.26. The number of aromatic nitrogens is 2. The Morgan fingerprint density at radius 1 is 1.36 bits per heavy atom. The van der Waals surface area contributed by atoms with Crippen molar-refractivity contribution in [1.82, 2.24) is 14.7 Å². The molecule has 1 saturated heterocycles. The van der Waals surface area contributed by atoms with Gasteiger partial charge in [-0.2, -0.15) is 5.10 Å². The molecular formula is C22H29N3O3. The topological polar surface area (TPSA) is 56.6 Å². The molecule has 0 radical (unpaired) electrons. The van der Waals surface area contributed by atoms with Crippen molar-refractivity contribution in [3.8, 4) is 5.75 Å². The molecular weight excluding hydrogens is 354 g/mol. The van der Waals surface area contributed by atoms with Gasteiger partial charge in [0.2, 0.25) is 0 Å². The maximum Gasteiger partial charge on any atom is 0.341 e. The summed E-state index contributed by atoms with van der Waals surface area (Å²) >= 11 is 0. The van der Waals surface area contributed by atoms with Gasteiger partial charge >= 0.3 is 5.97 Å². The number of likely N-dealkylation sites (tertiary alicyclic amines) is 1. The van der Waals surface area contributed by atoms with E-state index in [1.807, 2.05) is 17.8 Å². The molecule has 0 N–H and O–H groups in total. The molecule has 150 valence electrons. The van der Waals surface area contributed by atoms with Crippen LogP contribution in [0, 0.1) is 0 Å². The second kappa shape index (κ2) is 8.35. The molecule has 2 unspecified atom stereocenters. The van der Waals surface area contributed by atoms with Crippen LogP contribution in [0.3, 0.4) is 0 Å². The summed E-state index contributed by atoms with van der Waals surface area (Å²) in [6, 6.07) is 7.37. The molecule has 1 aromatic heterocycles. The maximum atomic E-state index is 11.9. The van der Waals surface area contributed by atoms with Crippen LogP contribution < -0.4 is 4.74 Å². The zero-order chi connectivity index (χ0) is 19.5. The third kappa shape index (κ3) is 3.92. The van der Waals surface area contributed by atoms with E-state index in [9.17, 15) is 4.79 Å². The van der Waals surface area contributed by atoms with Crippen molar-refractivity contribution in [3.63, 3.8) is 0 Å². The van der Waals surface area contributed by atoms with Gasteiger partial charge in [-0.25, -0.2) is 4.79 Å². The molecule has 0 amide bonds. The molecule has 2 aliphatic rings. The lowest BCUT2D eigenvalue weighted by atomic mass is 10.0. The van der Waals surface area contributed by atoms with Gasteiger partial charge in [0, 0.05) is 25.2 Å². The van der Waals surface area contributed by atoms with Gasteiger partial charge in [0.05, 0.1) is 31.0 Å². The van der Waals surface area contributed by atoms with Crippen LogP contribution in [0.1, 0.15) is 66.7 Å². The number of hydrogen-bond acceptors (Lipinski definition) is 5. The number of carbonyl (C=O) groups is 1. The van der Waals surface area contributed by atoms with Gasteiger partial charge in [0.1, 0.15) is 5.75 Å². The predicted octanol–water partition coefficient (Wildman–Crippen LogP) is 3.78. The average Bonchev–Trinajstić information content (AvgIpc) is 3.31. The average molecular weight is 383 g/mol. The number of carbonyl (C=O) groups excluding carboxylic acids is 1. The van der Waals surface area contributed by atoms with E-state index in [4.69, 9.17) is 9.47 Å². The number of nitrogens with zero attached hydrogens (tertiary/aromatic N) is 3. The fraction of sp³-hybridized carbons (Fsp3) is 0.545. The third-order valence-corrected chi connectivity index (χ3v) is 5.97. The van der Waals surface area contributed by atoms with E-state index in [0.717, 1.165) is 51.1 Å². The van der Waals surface area contributed by atoms with E-state index in [2.05, 4.69) is 35.1 Å². The Morgan fingerprint density at radius 3 is 3.11 bits per heavy atom. The lowest BCUT2D eigenvalue weighted by molar-refractivity contribution is 0.0526. The summed E-state index contributed by atoms with van der Waals surface area (Å²) in [6.07, 6.45) is 7.68. The SMILES string of the molecule is CCOC(=O)c1cnn(C2CCCN(C(C)c3ccc4c(c3)OCC4)CC2)c1. The summed E-state index contributed by atoms with van der Waals surface area (Å²) in [5.74, 6) is 0.761. The smallest absolute Gasteiger partial charge is 0.341 e. The molecule has 28 heavy (non-hydrogen) atoms. The first-order chi connectivity index (χ1) is 13.7. The summed E-state index contributed by atoms with van der Waals surface area (Å²) in [5, 5.41) is 4.43. The van der Waals surface area contributed by atoms with Crippen molar-refractivity contribution in [2.75, 3.05) is 26.3 Å². The van der Waals surface area contributed by atoms with Gasteiger partial charge in [-0.15, -0.1) is 0 Å². The Kier molecular flexibility index (Phi) is 5.67. The van der Waals surface area contributed by atoms with Crippen LogP contribution >= 0.6 is 0 Å². The molecule has 2 aliphatic heterocycles. The van der Waals surface area contributed by atoms with Crippen molar-refractivity contribution in [2.45, 2.75) is 51.6 Å². The summed E-state index contributed by atoms with van der Waals surface area (Å²) < 4.78 is 12.8. The Labute approximate surface area is 166 Å². The van der Waals surface area contributed by atoms with Crippen LogP contribution in [-0.4, -0.2) is 47.0 Å². The van der Waals surface area contributed by atoms with Gasteiger partial charge in [-0.1, -0.05) is 12.1 Å². The molecule has 2 aromatic rings. The minimum atomic E-state index is -0.295. The van der Waals surface area contributed by atoms with Crippen molar-refractivity contribution in [2.24, 2.45) is 0 Å². The summed E-state index contributed by atoms with van der Waals surface area (Å²) in [7, 11) is 0. The van der Waals surface area contributed by atoms with Crippen LogP contribution in [-0.2, 0) is 11.2 Å². The zero-order valence-electron chi connectivity index (χ0n) is 16.8. The van der Waals surface area contributed by atoms with Crippen LogP contribution in [0.5, 0.6) is 5.75 Å². The molecule has 1 aromatic carbocycles. The Hall–Kier alpha value is -2.34. The van der Waals surface area contributed by atoms with E-state index >= 15 is 0 Å². The number of ether oxygens (including phenoxy) is 2. The van der Waals surface area contributed by atoms with Crippen molar-refractivity contribution >= 4 is 5.97 Å². The third-order valence-electron chi connectivity index (χ3n) is 5.97. The quantitative estimate of drug-likeness (QED) is 0.736. The highest BCUT2D eigenvalue weighted by atomic mass is 16.5. The van der Waals surface area contributed by atoms with E-state index < -0.39 is 0 Å². The Bertz CT molecular complexity index is 832. The standard InChI is InChI=1S/C22H29N3O3/c1-3-27-22(26)19-14-23-25(15-19)20-5-4-10-24(11-8-20)16(2)18-7-6-17-9-12-28-21(17)13-18/h6-7,13-16,20H,3-5,8-12H2,1-2H3. The number of rotatable bonds is 5. The highest BCUT2D eigenvalue weighted by Crippen LogP contribution is 2.32. The van der Waals surface area contributed by atoms with Crippen LogP contribution in [0.25, 0.3) is 0 Å². The Balaban J connectivity index is 1.40. The molecule has 4 rings (SSSR count). The molecule has 6 heteroatoms. The van der Waals surface area contributed by atoms with Gasteiger partial charge < -0.3 is 9.47 Å². The molecule has 1 fully saturated rings. The van der Waals surface area contributed by atoms with Crippen LogP contribution in [0.2, 0.25) is 0 Å². The molecule has 0 bridgehead atoms. The van der Waals surface area contributed by atoms with E-state index in [-0.39, 0.29) is 5.97 Å². The van der Waals surface area contributed by atoms with E-state index in [0.29, 0.717) is 24.3 Å². The second-order valence-corrected chi connectivity index (χ2v) is 7.69. The summed E-state index contributed by atoms with van der Waals surface area (Å²) in [4.78, 5) is 14.4. The van der Waals surface area contributed by atoms with Gasteiger partial charge in [0.25, 0.3) is 0 Å². The van der Waals surface area contributed by atoms with E-state index in [1.54, 1.807) is 6.20 Å². The highest BCUT2D eigenvalue weighted by molar-refractivity contribution is 5.88. The number of benzene rings is 1. The van der Waals surface area contributed by atoms with Gasteiger partial charge in [0.15, 0.2) is 0 Å². The lowest BCUT2D eigenvalue weighted by Gasteiger charge is -2.28. The highest BCUT2D eigenvalue weighted by Gasteiger charge is 2.24. The molecule has 2 atom stereocenters. The van der Waals surface area contributed by atoms with Crippen molar-refractivity contribution in [1.29, 1.82) is 0 Å². The zero-order valence-corrected chi connectivity index (χ0v) is 16.8. The first kappa shape index (κ1) is 19.0. The molecule has 0 saturated carbocycles. The van der Waals surface area contributed by atoms with E-state index in [1.165, 1.54) is 11.1 Å². The monoisotopic (exact) mass is 383 g/mol. The largest absolute Gasteiger partial charge is 0.493 e. The number of esters is 1. The normalized spacial score (nSPS) is 20.9. The first-order valence-electron chi connectivity index (χ1n) is 10.4. The summed E-state index contributed by atoms with van der Waals surface area (Å²) in [5.41, 5.74) is 3.18. The Morgan fingerprint density at radius 2 is 2.25 bits per heavy atom. The van der Waals surface area contributed by atoms with Gasteiger partial charge in [-0.05, 0) is 56.8 Å². The maximum absolute atomic E-state index is 11.9. The summed E-state index contributed by atoms with van der Waals surface area (Å²) in [6.45, 7) is 7.37. The molecule has 0 spiro atoms. The first-order valence-corrected chi connectivity index (χ1v) is 10.4.